The first-order valence-electron chi connectivity index (χ1n) is 10.5. The SMILES string of the molecule is Cc1ccc(-c2ccc(-c3sc(-c4ccc(-c5ccc(C)cc5F)s4)c4c3N=S=N4)s2)c(F)c1. The predicted octanol–water partition coefficient (Wildman–Crippen LogP) is 10.2. The fourth-order valence-electron chi connectivity index (χ4n) is 3.87. The molecule has 0 bridgehead atoms. The van der Waals surface area contributed by atoms with Crippen LogP contribution in [0.3, 0.4) is 0 Å². The van der Waals surface area contributed by atoms with Gasteiger partial charge in [0.25, 0.3) is 0 Å². The van der Waals surface area contributed by atoms with Gasteiger partial charge in [-0.3, -0.25) is 0 Å². The summed E-state index contributed by atoms with van der Waals surface area (Å²) < 4.78 is 38.2. The summed E-state index contributed by atoms with van der Waals surface area (Å²) in [4.78, 5) is 5.88. The van der Waals surface area contributed by atoms with Crippen LogP contribution in [0.2, 0.25) is 0 Å². The number of rotatable bonds is 4. The monoisotopic (exact) mass is 522 g/mol. The molecular formula is C26H16F2N2S4. The van der Waals surface area contributed by atoms with Gasteiger partial charge in [-0.05, 0) is 61.4 Å². The molecule has 1 aliphatic heterocycles. The Morgan fingerprint density at radius 3 is 1.44 bits per heavy atom. The van der Waals surface area contributed by atoms with Crippen molar-refractivity contribution in [3.63, 3.8) is 0 Å². The molecule has 0 aliphatic carbocycles. The van der Waals surface area contributed by atoms with Crippen molar-refractivity contribution in [2.45, 2.75) is 13.8 Å². The molecule has 168 valence electrons. The van der Waals surface area contributed by atoms with E-state index in [4.69, 9.17) is 0 Å². The number of halogens is 2. The topological polar surface area (TPSA) is 24.7 Å². The van der Waals surface area contributed by atoms with Gasteiger partial charge in [0.05, 0.1) is 21.1 Å². The number of aryl methyl sites for hydroxylation is 2. The summed E-state index contributed by atoms with van der Waals surface area (Å²) >= 11 is 5.92. The van der Waals surface area contributed by atoms with Gasteiger partial charge >= 0.3 is 0 Å². The number of nitrogens with zero attached hydrogens (tertiary/aromatic N) is 2. The van der Waals surface area contributed by atoms with Gasteiger partial charge in [0.2, 0.25) is 0 Å². The van der Waals surface area contributed by atoms with Crippen molar-refractivity contribution >= 4 is 56.7 Å². The maximum Gasteiger partial charge on any atom is 0.132 e. The van der Waals surface area contributed by atoms with Gasteiger partial charge in [0.15, 0.2) is 0 Å². The molecule has 3 aromatic heterocycles. The largest absolute Gasteiger partial charge is 0.206 e. The van der Waals surface area contributed by atoms with E-state index in [1.54, 1.807) is 46.1 Å². The molecule has 0 amide bonds. The predicted molar refractivity (Wildman–Crippen MR) is 143 cm³/mol. The maximum absolute atomic E-state index is 14.5. The van der Waals surface area contributed by atoms with Gasteiger partial charge in [-0.1, -0.05) is 24.3 Å². The summed E-state index contributed by atoms with van der Waals surface area (Å²) in [7, 11) is 0. The van der Waals surface area contributed by atoms with Gasteiger partial charge in [0.1, 0.15) is 23.0 Å². The number of thiophene rings is 3. The molecule has 34 heavy (non-hydrogen) atoms. The lowest BCUT2D eigenvalue weighted by Crippen LogP contribution is -1.82. The molecule has 0 saturated carbocycles. The third-order valence-electron chi connectivity index (χ3n) is 5.56. The van der Waals surface area contributed by atoms with E-state index < -0.39 is 0 Å². The summed E-state index contributed by atoms with van der Waals surface area (Å²) in [6, 6.07) is 18.6. The van der Waals surface area contributed by atoms with Crippen LogP contribution >= 0.6 is 34.0 Å². The van der Waals surface area contributed by atoms with Crippen molar-refractivity contribution in [1.82, 2.24) is 0 Å². The highest BCUT2D eigenvalue weighted by atomic mass is 32.1. The molecule has 0 fully saturated rings. The third-order valence-corrected chi connectivity index (χ3v) is 9.86. The average Bonchev–Trinajstić information content (AvgIpc) is 3.58. The standard InChI is InChI=1S/C26H16F2N2S4/c1-13-3-5-15(17(27)11-13)19-7-9-21(31-19)25-23-24(30-34-29-23)26(33-25)22-10-8-20(32-22)16-6-4-14(2)12-18(16)28/h3-12H,1-2H3. The van der Waals surface area contributed by atoms with Crippen LogP contribution < -0.4 is 0 Å². The summed E-state index contributed by atoms with van der Waals surface area (Å²) in [6.07, 6.45) is 0. The zero-order valence-corrected chi connectivity index (χ0v) is 21.3. The number of fused-ring (bicyclic) bond motifs is 1. The Labute approximate surface area is 211 Å². The first-order valence-corrected chi connectivity index (χ1v) is 13.6. The highest BCUT2D eigenvalue weighted by Crippen LogP contribution is 2.56. The number of hydrogen-bond donors (Lipinski definition) is 0. The van der Waals surface area contributed by atoms with Crippen molar-refractivity contribution in [3.05, 3.63) is 83.4 Å². The Hall–Kier alpha value is -2.78. The van der Waals surface area contributed by atoms with Crippen LogP contribution in [-0.4, -0.2) is 0 Å². The Bertz CT molecular complexity index is 1530. The van der Waals surface area contributed by atoms with Crippen LogP contribution in [0.1, 0.15) is 11.1 Å². The fourth-order valence-corrected chi connectivity index (χ4v) is 8.01. The highest BCUT2D eigenvalue weighted by Gasteiger charge is 2.25. The van der Waals surface area contributed by atoms with Crippen molar-refractivity contribution in [2.75, 3.05) is 0 Å². The molecule has 0 atom stereocenters. The van der Waals surface area contributed by atoms with E-state index in [9.17, 15) is 8.78 Å². The minimum atomic E-state index is -0.213. The number of hydrogen-bond acceptors (Lipinski definition) is 5. The lowest BCUT2D eigenvalue weighted by atomic mass is 10.1. The van der Waals surface area contributed by atoms with Crippen LogP contribution in [0.5, 0.6) is 0 Å². The Balaban J connectivity index is 1.40. The van der Waals surface area contributed by atoms with E-state index in [0.717, 1.165) is 51.8 Å². The quantitative estimate of drug-likeness (QED) is 0.220. The van der Waals surface area contributed by atoms with E-state index in [1.165, 1.54) is 11.4 Å². The zero-order chi connectivity index (χ0) is 23.4. The zero-order valence-electron chi connectivity index (χ0n) is 18.1. The maximum atomic E-state index is 14.5. The summed E-state index contributed by atoms with van der Waals surface area (Å²) in [6.45, 7) is 3.77. The van der Waals surface area contributed by atoms with E-state index in [0.29, 0.717) is 11.1 Å². The van der Waals surface area contributed by atoms with Crippen LogP contribution in [0.15, 0.2) is 69.4 Å². The summed E-state index contributed by atoms with van der Waals surface area (Å²) in [5.41, 5.74) is 4.73. The lowest BCUT2D eigenvalue weighted by molar-refractivity contribution is 0.630. The molecule has 2 aromatic carbocycles. The lowest BCUT2D eigenvalue weighted by Gasteiger charge is -2.01. The average molecular weight is 523 g/mol. The third kappa shape index (κ3) is 3.71. The minimum Gasteiger partial charge on any atom is -0.206 e. The van der Waals surface area contributed by atoms with Crippen molar-refractivity contribution in [1.29, 1.82) is 0 Å². The summed E-state index contributed by atoms with van der Waals surface area (Å²) in [5, 5.41) is 0. The summed E-state index contributed by atoms with van der Waals surface area (Å²) in [5.74, 6) is -0.426. The van der Waals surface area contributed by atoms with Gasteiger partial charge in [0, 0.05) is 30.6 Å². The van der Waals surface area contributed by atoms with E-state index in [2.05, 4.69) is 8.73 Å². The molecule has 4 heterocycles. The van der Waals surface area contributed by atoms with Crippen LogP contribution in [-0.2, 0) is 11.4 Å². The van der Waals surface area contributed by atoms with Crippen molar-refractivity contribution in [3.8, 4) is 40.4 Å². The fraction of sp³-hybridized carbons (Fsp3) is 0.0769. The molecule has 0 unspecified atom stereocenters. The van der Waals surface area contributed by atoms with Crippen LogP contribution in [0.4, 0.5) is 20.2 Å². The van der Waals surface area contributed by atoms with E-state index in [1.807, 2.05) is 62.4 Å². The van der Waals surface area contributed by atoms with E-state index in [-0.39, 0.29) is 11.6 Å². The normalized spacial score (nSPS) is 12.2. The van der Waals surface area contributed by atoms with Gasteiger partial charge in [-0.25, -0.2) is 8.78 Å². The van der Waals surface area contributed by atoms with Crippen LogP contribution in [0.25, 0.3) is 40.4 Å². The minimum absolute atomic E-state index is 0.213. The first kappa shape index (κ1) is 21.7. The second-order valence-corrected chi connectivity index (χ2v) is 11.7. The second kappa shape index (κ2) is 8.46. The Morgan fingerprint density at radius 2 is 1.00 bits per heavy atom. The number of benzene rings is 2. The van der Waals surface area contributed by atoms with Gasteiger partial charge < -0.3 is 0 Å². The highest BCUT2D eigenvalue weighted by molar-refractivity contribution is 7.58. The molecule has 0 spiro atoms. The molecule has 0 saturated heterocycles. The molecule has 5 aromatic rings. The van der Waals surface area contributed by atoms with Crippen LogP contribution in [0, 0.1) is 25.5 Å². The Morgan fingerprint density at radius 1 is 0.559 bits per heavy atom. The van der Waals surface area contributed by atoms with Gasteiger partial charge in [-0.15, -0.1) is 34.0 Å². The molecule has 1 aliphatic rings. The first-order chi connectivity index (χ1) is 16.5. The molecule has 6 rings (SSSR count). The van der Waals surface area contributed by atoms with E-state index >= 15 is 0 Å². The molecule has 0 radical (unpaired) electrons. The molecule has 2 nitrogen and oxygen atoms in total. The van der Waals surface area contributed by atoms with Crippen molar-refractivity contribution < 1.29 is 8.78 Å². The van der Waals surface area contributed by atoms with Crippen molar-refractivity contribution in [2.24, 2.45) is 8.73 Å². The molecule has 8 heteroatoms. The molecular weight excluding hydrogens is 507 g/mol. The molecule has 0 N–H and O–H groups in total. The Kier molecular flexibility index (Phi) is 5.41. The smallest absolute Gasteiger partial charge is 0.132 e. The van der Waals surface area contributed by atoms with Gasteiger partial charge in [-0.2, -0.15) is 8.73 Å². The second-order valence-electron chi connectivity index (χ2n) is 8.02.